The van der Waals surface area contributed by atoms with Gasteiger partial charge in [-0.2, -0.15) is 5.26 Å². The molecule has 0 aliphatic rings. The normalized spacial score (nSPS) is 11.5. The van der Waals surface area contributed by atoms with Crippen molar-refractivity contribution in [3.63, 3.8) is 0 Å². The summed E-state index contributed by atoms with van der Waals surface area (Å²) in [5.74, 6) is -0.460. The minimum atomic E-state index is -0.460. The molecule has 0 aliphatic carbocycles. The second kappa shape index (κ2) is 8.58. The van der Waals surface area contributed by atoms with E-state index >= 15 is 0 Å². The predicted octanol–water partition coefficient (Wildman–Crippen LogP) is 5.81. The summed E-state index contributed by atoms with van der Waals surface area (Å²) in [4.78, 5) is 17.1. The number of para-hydroxylation sites is 1. The number of carbonyl (C=O) groups excluding carboxylic acids is 1. The SMILES string of the molecule is CCc1ccc(-n2c(C)cc(/C=C(\C#N)C(=O)Nc3nc4ccccc4s3)c2C)cc1. The molecule has 154 valence electrons. The van der Waals surface area contributed by atoms with E-state index in [0.717, 1.165) is 39.3 Å². The molecular formula is C25H22N4OS. The van der Waals surface area contributed by atoms with Crippen LogP contribution in [0.2, 0.25) is 0 Å². The summed E-state index contributed by atoms with van der Waals surface area (Å²) < 4.78 is 3.11. The molecule has 31 heavy (non-hydrogen) atoms. The fraction of sp³-hybridized carbons (Fsp3) is 0.160. The first-order valence-corrected chi connectivity index (χ1v) is 10.9. The maximum atomic E-state index is 12.7. The number of carbonyl (C=O) groups is 1. The molecule has 2 heterocycles. The Bertz CT molecular complexity index is 1300. The van der Waals surface area contributed by atoms with Gasteiger partial charge in [-0.15, -0.1) is 0 Å². The van der Waals surface area contributed by atoms with Crippen LogP contribution in [0.1, 0.15) is 29.4 Å². The molecule has 0 bridgehead atoms. The van der Waals surface area contributed by atoms with E-state index in [0.29, 0.717) is 5.13 Å². The lowest BCUT2D eigenvalue weighted by atomic mass is 10.1. The molecule has 0 spiro atoms. The molecule has 0 saturated carbocycles. The monoisotopic (exact) mass is 426 g/mol. The second-order valence-corrected chi connectivity index (χ2v) is 8.32. The van der Waals surface area contributed by atoms with Gasteiger partial charge in [-0.1, -0.05) is 42.5 Å². The van der Waals surface area contributed by atoms with Crippen molar-refractivity contribution < 1.29 is 4.79 Å². The minimum absolute atomic E-state index is 0.0424. The highest BCUT2D eigenvalue weighted by Gasteiger charge is 2.15. The largest absolute Gasteiger partial charge is 0.318 e. The number of aryl methyl sites for hydroxylation is 2. The summed E-state index contributed by atoms with van der Waals surface area (Å²) in [6, 6.07) is 20.1. The summed E-state index contributed by atoms with van der Waals surface area (Å²) in [6.07, 6.45) is 2.63. The Morgan fingerprint density at radius 1 is 1.19 bits per heavy atom. The van der Waals surface area contributed by atoms with E-state index in [4.69, 9.17) is 0 Å². The molecule has 0 unspecified atom stereocenters. The molecule has 0 radical (unpaired) electrons. The Balaban J connectivity index is 1.62. The number of benzene rings is 2. The average molecular weight is 427 g/mol. The van der Waals surface area contributed by atoms with E-state index in [-0.39, 0.29) is 5.57 Å². The summed E-state index contributed by atoms with van der Waals surface area (Å²) in [6.45, 7) is 6.14. The lowest BCUT2D eigenvalue weighted by molar-refractivity contribution is -0.112. The molecule has 2 aromatic carbocycles. The van der Waals surface area contributed by atoms with Crippen molar-refractivity contribution in [3.8, 4) is 11.8 Å². The van der Waals surface area contributed by atoms with E-state index in [1.807, 2.05) is 50.2 Å². The van der Waals surface area contributed by atoms with Crippen molar-refractivity contribution in [1.29, 1.82) is 5.26 Å². The molecule has 4 aromatic rings. The van der Waals surface area contributed by atoms with Gasteiger partial charge in [0, 0.05) is 17.1 Å². The smallest absolute Gasteiger partial charge is 0.268 e. The van der Waals surface area contributed by atoms with Crippen LogP contribution >= 0.6 is 11.3 Å². The van der Waals surface area contributed by atoms with Crippen LogP contribution < -0.4 is 5.32 Å². The van der Waals surface area contributed by atoms with Crippen LogP contribution in [-0.2, 0) is 11.2 Å². The van der Waals surface area contributed by atoms with Gasteiger partial charge in [0.2, 0.25) is 0 Å². The van der Waals surface area contributed by atoms with Crippen LogP contribution in [0.3, 0.4) is 0 Å². The third-order valence-electron chi connectivity index (χ3n) is 5.25. The maximum Gasteiger partial charge on any atom is 0.268 e. The Morgan fingerprint density at radius 3 is 2.61 bits per heavy atom. The number of nitrogens with zero attached hydrogens (tertiary/aromatic N) is 3. The highest BCUT2D eigenvalue weighted by atomic mass is 32.1. The lowest BCUT2D eigenvalue weighted by Crippen LogP contribution is -2.13. The minimum Gasteiger partial charge on any atom is -0.318 e. The van der Waals surface area contributed by atoms with Crippen LogP contribution in [0, 0.1) is 25.2 Å². The van der Waals surface area contributed by atoms with Gasteiger partial charge in [0.15, 0.2) is 5.13 Å². The molecule has 0 fully saturated rings. The molecular weight excluding hydrogens is 404 g/mol. The summed E-state index contributed by atoms with van der Waals surface area (Å²) in [5.41, 5.74) is 6.06. The van der Waals surface area contributed by atoms with Gasteiger partial charge >= 0.3 is 0 Å². The zero-order valence-corrected chi connectivity index (χ0v) is 18.5. The van der Waals surface area contributed by atoms with Gasteiger partial charge in [0.05, 0.1) is 10.2 Å². The Kier molecular flexibility index (Phi) is 5.70. The number of aromatic nitrogens is 2. The fourth-order valence-electron chi connectivity index (χ4n) is 3.61. The van der Waals surface area contributed by atoms with Gasteiger partial charge < -0.3 is 4.57 Å². The maximum absolute atomic E-state index is 12.7. The quantitative estimate of drug-likeness (QED) is 0.323. The number of amides is 1. The van der Waals surface area contributed by atoms with Gasteiger partial charge in [-0.05, 0) is 67.8 Å². The first-order valence-electron chi connectivity index (χ1n) is 10.1. The first-order chi connectivity index (χ1) is 15.0. The zero-order valence-electron chi connectivity index (χ0n) is 17.6. The van der Waals surface area contributed by atoms with E-state index in [9.17, 15) is 10.1 Å². The number of rotatable bonds is 5. The summed E-state index contributed by atoms with van der Waals surface area (Å²) in [5, 5.41) is 12.9. The molecule has 1 amide bonds. The van der Waals surface area contributed by atoms with Crippen molar-refractivity contribution in [3.05, 3.63) is 82.7 Å². The lowest BCUT2D eigenvalue weighted by Gasteiger charge is -2.10. The van der Waals surface area contributed by atoms with E-state index < -0.39 is 5.91 Å². The predicted molar refractivity (Wildman–Crippen MR) is 126 cm³/mol. The summed E-state index contributed by atoms with van der Waals surface area (Å²) >= 11 is 1.39. The second-order valence-electron chi connectivity index (χ2n) is 7.29. The van der Waals surface area contributed by atoms with Crippen LogP contribution in [0.5, 0.6) is 0 Å². The van der Waals surface area contributed by atoms with E-state index in [1.165, 1.54) is 16.9 Å². The van der Waals surface area contributed by atoms with Gasteiger partial charge in [0.1, 0.15) is 11.6 Å². The van der Waals surface area contributed by atoms with Crippen LogP contribution in [0.15, 0.2) is 60.2 Å². The zero-order chi connectivity index (χ0) is 22.0. The third-order valence-corrected chi connectivity index (χ3v) is 6.20. The molecule has 4 rings (SSSR count). The molecule has 0 atom stereocenters. The average Bonchev–Trinajstić information content (AvgIpc) is 3.31. The van der Waals surface area contributed by atoms with Crippen molar-refractivity contribution in [2.75, 3.05) is 5.32 Å². The van der Waals surface area contributed by atoms with E-state index in [1.54, 1.807) is 6.08 Å². The van der Waals surface area contributed by atoms with Gasteiger partial charge in [-0.3, -0.25) is 10.1 Å². The number of anilines is 1. The molecule has 1 N–H and O–H groups in total. The van der Waals surface area contributed by atoms with Crippen LogP contribution in [0.25, 0.3) is 22.0 Å². The summed E-state index contributed by atoms with van der Waals surface area (Å²) in [7, 11) is 0. The molecule has 0 aliphatic heterocycles. The van der Waals surface area contributed by atoms with Crippen LogP contribution in [0.4, 0.5) is 5.13 Å². The topological polar surface area (TPSA) is 70.7 Å². The van der Waals surface area contributed by atoms with Crippen LogP contribution in [-0.4, -0.2) is 15.5 Å². The van der Waals surface area contributed by atoms with E-state index in [2.05, 4.69) is 46.1 Å². The van der Waals surface area contributed by atoms with Crippen molar-refractivity contribution in [2.24, 2.45) is 0 Å². The number of hydrogen-bond donors (Lipinski definition) is 1. The number of nitrogens with one attached hydrogen (secondary N) is 1. The Hall–Kier alpha value is -3.69. The molecule has 0 saturated heterocycles. The molecule has 6 heteroatoms. The Morgan fingerprint density at radius 2 is 1.94 bits per heavy atom. The fourth-order valence-corrected chi connectivity index (χ4v) is 4.47. The standard InChI is InChI=1S/C25H22N4OS/c1-4-18-9-11-21(12-10-18)29-16(2)13-19(17(29)3)14-20(15-26)24(30)28-25-27-22-7-5-6-8-23(22)31-25/h5-14H,4H2,1-3H3,(H,27,28,30)/b20-14+. The van der Waals surface area contributed by atoms with Crippen molar-refractivity contribution >= 4 is 38.7 Å². The van der Waals surface area contributed by atoms with Crippen molar-refractivity contribution in [2.45, 2.75) is 27.2 Å². The number of fused-ring (bicyclic) bond motifs is 1. The van der Waals surface area contributed by atoms with Gasteiger partial charge in [0.25, 0.3) is 5.91 Å². The Labute approximate surface area is 185 Å². The molecule has 2 aromatic heterocycles. The number of nitriles is 1. The number of thiazole rings is 1. The first kappa shape index (κ1) is 20.6. The third kappa shape index (κ3) is 4.14. The van der Waals surface area contributed by atoms with Crippen molar-refractivity contribution in [1.82, 2.24) is 9.55 Å². The van der Waals surface area contributed by atoms with Gasteiger partial charge in [-0.25, -0.2) is 4.98 Å². The highest BCUT2D eigenvalue weighted by Crippen LogP contribution is 2.27. The molecule has 5 nitrogen and oxygen atoms in total. The number of hydrogen-bond acceptors (Lipinski definition) is 4. The highest BCUT2D eigenvalue weighted by molar-refractivity contribution is 7.22.